The number of anilines is 1. The van der Waals surface area contributed by atoms with Gasteiger partial charge in [-0.2, -0.15) is 0 Å². The van der Waals surface area contributed by atoms with E-state index in [1.165, 1.54) is 7.11 Å². The molecule has 1 aliphatic rings. The van der Waals surface area contributed by atoms with Crippen molar-refractivity contribution in [2.45, 2.75) is 26.3 Å². The molecule has 1 N–H and O–H groups in total. The van der Waals surface area contributed by atoms with E-state index in [0.717, 1.165) is 31.7 Å². The third kappa shape index (κ3) is 3.51. The number of rotatable bonds is 4. The lowest BCUT2D eigenvalue weighted by Gasteiger charge is -2.36. The summed E-state index contributed by atoms with van der Waals surface area (Å²) in [7, 11) is 1.43. The number of benzene rings is 1. The van der Waals surface area contributed by atoms with Crippen molar-refractivity contribution in [2.75, 3.05) is 31.6 Å². The van der Waals surface area contributed by atoms with Gasteiger partial charge in [0.25, 0.3) is 0 Å². The van der Waals surface area contributed by atoms with Crippen LogP contribution in [-0.4, -0.2) is 38.8 Å². The Morgan fingerprint density at radius 3 is 2.90 bits per heavy atom. The first-order valence-electron chi connectivity index (χ1n) is 7.27. The SMILES string of the molecule is COC(=O)c1ccccc1N1CCN[C@@H](CC(C)C)C1. The molecule has 2 rings (SSSR count). The fraction of sp³-hybridized carbons (Fsp3) is 0.562. The standard InChI is InChI=1S/C16H24N2O2/c1-12(2)10-13-11-18(9-8-17-13)15-7-5-4-6-14(15)16(19)20-3/h4-7,12-13,17H,8-11H2,1-3H3/t13-/m0/s1. The van der Waals surface area contributed by atoms with Crippen LogP contribution in [-0.2, 0) is 4.74 Å². The number of hydrogen-bond acceptors (Lipinski definition) is 4. The predicted octanol–water partition coefficient (Wildman–Crippen LogP) is 2.30. The van der Waals surface area contributed by atoms with Crippen molar-refractivity contribution in [1.29, 1.82) is 0 Å². The highest BCUT2D eigenvalue weighted by Crippen LogP contribution is 2.23. The third-order valence-electron chi connectivity index (χ3n) is 3.66. The largest absolute Gasteiger partial charge is 0.465 e. The van der Waals surface area contributed by atoms with Gasteiger partial charge in [0.15, 0.2) is 0 Å². The molecule has 1 aliphatic heterocycles. The number of esters is 1. The van der Waals surface area contributed by atoms with Gasteiger partial charge in [0, 0.05) is 25.7 Å². The van der Waals surface area contributed by atoms with E-state index in [4.69, 9.17) is 4.74 Å². The lowest BCUT2D eigenvalue weighted by atomic mass is 10.0. The Labute approximate surface area is 121 Å². The van der Waals surface area contributed by atoms with E-state index >= 15 is 0 Å². The van der Waals surface area contributed by atoms with E-state index in [0.29, 0.717) is 17.5 Å². The molecule has 1 aromatic rings. The van der Waals surface area contributed by atoms with Crippen LogP contribution in [0.15, 0.2) is 24.3 Å². The Hall–Kier alpha value is -1.55. The summed E-state index contributed by atoms with van der Waals surface area (Å²) in [4.78, 5) is 14.2. The molecule has 0 aromatic heterocycles. The molecule has 4 nitrogen and oxygen atoms in total. The molecular formula is C16H24N2O2. The molecule has 1 fully saturated rings. The summed E-state index contributed by atoms with van der Waals surface area (Å²) in [5.74, 6) is 0.405. The quantitative estimate of drug-likeness (QED) is 0.857. The van der Waals surface area contributed by atoms with Gasteiger partial charge in [-0.15, -0.1) is 0 Å². The molecule has 0 aliphatic carbocycles. The maximum atomic E-state index is 11.9. The van der Waals surface area contributed by atoms with Crippen molar-refractivity contribution in [3.8, 4) is 0 Å². The summed E-state index contributed by atoms with van der Waals surface area (Å²) >= 11 is 0. The first kappa shape index (κ1) is 14.9. The van der Waals surface area contributed by atoms with E-state index in [1.807, 2.05) is 24.3 Å². The second kappa shape index (κ2) is 6.75. The zero-order valence-electron chi connectivity index (χ0n) is 12.6. The van der Waals surface area contributed by atoms with Gasteiger partial charge in [0.05, 0.1) is 18.4 Å². The van der Waals surface area contributed by atoms with Crippen molar-refractivity contribution in [1.82, 2.24) is 5.32 Å². The smallest absolute Gasteiger partial charge is 0.339 e. The lowest BCUT2D eigenvalue weighted by molar-refractivity contribution is 0.0601. The number of nitrogens with one attached hydrogen (secondary N) is 1. The van der Waals surface area contributed by atoms with Gasteiger partial charge >= 0.3 is 5.97 Å². The highest BCUT2D eigenvalue weighted by Gasteiger charge is 2.23. The minimum atomic E-state index is -0.264. The first-order valence-corrected chi connectivity index (χ1v) is 7.27. The van der Waals surface area contributed by atoms with E-state index in [1.54, 1.807) is 0 Å². The van der Waals surface area contributed by atoms with Crippen LogP contribution in [0.2, 0.25) is 0 Å². The summed E-state index contributed by atoms with van der Waals surface area (Å²) < 4.78 is 4.88. The van der Waals surface area contributed by atoms with Crippen LogP contribution in [0.4, 0.5) is 5.69 Å². The van der Waals surface area contributed by atoms with Crippen LogP contribution in [0.25, 0.3) is 0 Å². The fourth-order valence-electron chi connectivity index (χ4n) is 2.80. The van der Waals surface area contributed by atoms with Gasteiger partial charge in [-0.05, 0) is 24.5 Å². The number of para-hydroxylation sites is 1. The van der Waals surface area contributed by atoms with Crippen LogP contribution in [0.3, 0.4) is 0 Å². The van der Waals surface area contributed by atoms with Crippen LogP contribution >= 0.6 is 0 Å². The molecule has 0 radical (unpaired) electrons. The molecule has 0 bridgehead atoms. The van der Waals surface area contributed by atoms with Gasteiger partial charge in [0.1, 0.15) is 0 Å². The second-order valence-electron chi connectivity index (χ2n) is 5.74. The monoisotopic (exact) mass is 276 g/mol. The van der Waals surface area contributed by atoms with Crippen LogP contribution in [0, 0.1) is 5.92 Å². The molecular weight excluding hydrogens is 252 g/mol. The Bertz CT molecular complexity index is 460. The van der Waals surface area contributed by atoms with E-state index < -0.39 is 0 Å². The molecule has 0 amide bonds. The van der Waals surface area contributed by atoms with E-state index in [2.05, 4.69) is 24.1 Å². The molecule has 4 heteroatoms. The summed E-state index contributed by atoms with van der Waals surface area (Å²) in [6, 6.07) is 8.17. The molecule has 1 aromatic carbocycles. The van der Waals surface area contributed by atoms with Crippen molar-refractivity contribution in [2.24, 2.45) is 5.92 Å². The van der Waals surface area contributed by atoms with Crippen molar-refractivity contribution < 1.29 is 9.53 Å². The first-order chi connectivity index (χ1) is 9.61. The van der Waals surface area contributed by atoms with Gasteiger partial charge in [-0.25, -0.2) is 4.79 Å². The maximum absolute atomic E-state index is 11.9. The summed E-state index contributed by atoms with van der Waals surface area (Å²) in [6.45, 7) is 7.29. The Morgan fingerprint density at radius 2 is 2.20 bits per heavy atom. The number of carbonyl (C=O) groups is 1. The van der Waals surface area contributed by atoms with Gasteiger partial charge in [-0.3, -0.25) is 0 Å². The molecule has 110 valence electrons. The predicted molar refractivity (Wildman–Crippen MR) is 81.2 cm³/mol. The van der Waals surface area contributed by atoms with Crippen molar-refractivity contribution >= 4 is 11.7 Å². The number of nitrogens with zero attached hydrogens (tertiary/aromatic N) is 1. The second-order valence-corrected chi connectivity index (χ2v) is 5.74. The molecule has 1 heterocycles. The number of ether oxygens (including phenoxy) is 1. The molecule has 1 atom stereocenters. The minimum absolute atomic E-state index is 0.264. The zero-order chi connectivity index (χ0) is 14.5. The van der Waals surface area contributed by atoms with Gasteiger partial charge < -0.3 is 15.0 Å². The molecule has 0 unspecified atom stereocenters. The molecule has 0 spiro atoms. The van der Waals surface area contributed by atoms with Gasteiger partial charge in [0.2, 0.25) is 0 Å². The number of carbonyl (C=O) groups excluding carboxylic acids is 1. The fourth-order valence-corrected chi connectivity index (χ4v) is 2.80. The highest BCUT2D eigenvalue weighted by atomic mass is 16.5. The number of hydrogen-bond donors (Lipinski definition) is 1. The van der Waals surface area contributed by atoms with Gasteiger partial charge in [-0.1, -0.05) is 26.0 Å². The van der Waals surface area contributed by atoms with Crippen LogP contribution in [0.1, 0.15) is 30.6 Å². The average Bonchev–Trinajstić information content (AvgIpc) is 2.46. The number of piperazine rings is 1. The van der Waals surface area contributed by atoms with E-state index in [-0.39, 0.29) is 5.97 Å². The van der Waals surface area contributed by atoms with Crippen LogP contribution < -0.4 is 10.2 Å². The number of methoxy groups -OCH3 is 1. The topological polar surface area (TPSA) is 41.6 Å². The lowest BCUT2D eigenvalue weighted by Crippen LogP contribution is -2.51. The summed E-state index contributed by atoms with van der Waals surface area (Å²) in [5.41, 5.74) is 1.63. The van der Waals surface area contributed by atoms with Crippen molar-refractivity contribution in [3.63, 3.8) is 0 Å². The Balaban J connectivity index is 2.16. The maximum Gasteiger partial charge on any atom is 0.339 e. The summed E-state index contributed by atoms with van der Waals surface area (Å²) in [5, 5.41) is 3.55. The molecule has 1 saturated heterocycles. The average molecular weight is 276 g/mol. The minimum Gasteiger partial charge on any atom is -0.465 e. The van der Waals surface area contributed by atoms with E-state index in [9.17, 15) is 4.79 Å². The summed E-state index contributed by atoms with van der Waals surface area (Å²) in [6.07, 6.45) is 1.15. The normalized spacial score (nSPS) is 19.2. The van der Waals surface area contributed by atoms with Crippen LogP contribution in [0.5, 0.6) is 0 Å². The highest BCUT2D eigenvalue weighted by molar-refractivity contribution is 5.95. The molecule has 20 heavy (non-hydrogen) atoms. The Morgan fingerprint density at radius 1 is 1.45 bits per heavy atom. The Kier molecular flexibility index (Phi) is 5.01. The zero-order valence-corrected chi connectivity index (χ0v) is 12.6. The van der Waals surface area contributed by atoms with Crippen molar-refractivity contribution in [3.05, 3.63) is 29.8 Å². The molecule has 0 saturated carbocycles. The third-order valence-corrected chi connectivity index (χ3v) is 3.66.